The maximum absolute atomic E-state index is 13.6. The predicted octanol–water partition coefficient (Wildman–Crippen LogP) is 4.05. The highest BCUT2D eigenvalue weighted by Crippen LogP contribution is 2.60. The zero-order chi connectivity index (χ0) is 13.2. The SMILES string of the molecule is Cc1nc(C23CC4CC(CC(C4)C2)C3)nc(Cl)c1F. The van der Waals surface area contributed by atoms with E-state index in [1.54, 1.807) is 6.92 Å². The van der Waals surface area contributed by atoms with E-state index in [0.717, 1.165) is 23.6 Å². The normalized spacial score (nSPS) is 39.8. The molecule has 4 aliphatic rings. The van der Waals surface area contributed by atoms with Gasteiger partial charge in [0, 0.05) is 5.41 Å². The van der Waals surface area contributed by atoms with Crippen LogP contribution in [-0.4, -0.2) is 9.97 Å². The van der Waals surface area contributed by atoms with E-state index in [9.17, 15) is 4.39 Å². The minimum atomic E-state index is -0.463. The van der Waals surface area contributed by atoms with Crippen LogP contribution in [0.3, 0.4) is 0 Å². The van der Waals surface area contributed by atoms with E-state index >= 15 is 0 Å². The minimum absolute atomic E-state index is 0.00162. The number of rotatable bonds is 1. The van der Waals surface area contributed by atoms with E-state index in [-0.39, 0.29) is 10.6 Å². The minimum Gasteiger partial charge on any atom is -0.234 e. The van der Waals surface area contributed by atoms with Gasteiger partial charge in [-0.15, -0.1) is 0 Å². The Kier molecular flexibility index (Phi) is 2.48. The molecule has 0 unspecified atom stereocenters. The number of nitrogens with zero attached hydrogens (tertiary/aromatic N) is 2. The second kappa shape index (κ2) is 3.91. The molecular weight excluding hydrogens is 263 g/mol. The van der Waals surface area contributed by atoms with Crippen LogP contribution in [0.4, 0.5) is 4.39 Å². The molecule has 0 amide bonds. The first-order chi connectivity index (χ1) is 9.06. The van der Waals surface area contributed by atoms with Crippen LogP contribution in [0.25, 0.3) is 0 Å². The molecule has 5 rings (SSSR count). The quantitative estimate of drug-likeness (QED) is 0.726. The summed E-state index contributed by atoms with van der Waals surface area (Å²) < 4.78 is 13.6. The molecule has 1 aromatic heterocycles. The molecule has 1 aromatic rings. The monoisotopic (exact) mass is 280 g/mol. The van der Waals surface area contributed by atoms with Crippen molar-refractivity contribution in [1.82, 2.24) is 9.97 Å². The Balaban J connectivity index is 1.79. The second-order valence-electron chi connectivity index (χ2n) is 6.94. The van der Waals surface area contributed by atoms with Gasteiger partial charge in [0.2, 0.25) is 0 Å². The third kappa shape index (κ3) is 1.74. The van der Waals surface area contributed by atoms with Gasteiger partial charge >= 0.3 is 0 Å². The van der Waals surface area contributed by atoms with Crippen LogP contribution in [-0.2, 0) is 5.41 Å². The molecule has 2 nitrogen and oxygen atoms in total. The van der Waals surface area contributed by atoms with Crippen LogP contribution < -0.4 is 0 Å². The largest absolute Gasteiger partial charge is 0.234 e. The summed E-state index contributed by atoms with van der Waals surface area (Å²) in [5, 5.41) is -0.00162. The highest BCUT2D eigenvalue weighted by atomic mass is 35.5. The number of hydrogen-bond acceptors (Lipinski definition) is 2. The number of aromatic nitrogens is 2. The molecule has 0 radical (unpaired) electrons. The lowest BCUT2D eigenvalue weighted by molar-refractivity contribution is -0.00955. The topological polar surface area (TPSA) is 25.8 Å². The maximum Gasteiger partial charge on any atom is 0.181 e. The number of hydrogen-bond donors (Lipinski definition) is 0. The zero-order valence-corrected chi connectivity index (χ0v) is 11.9. The van der Waals surface area contributed by atoms with E-state index in [4.69, 9.17) is 11.6 Å². The van der Waals surface area contributed by atoms with Gasteiger partial charge < -0.3 is 0 Å². The van der Waals surface area contributed by atoms with Crippen LogP contribution >= 0.6 is 11.6 Å². The maximum atomic E-state index is 13.6. The molecule has 19 heavy (non-hydrogen) atoms. The Bertz CT molecular complexity index is 485. The highest BCUT2D eigenvalue weighted by molar-refractivity contribution is 6.29. The van der Waals surface area contributed by atoms with E-state index in [0.29, 0.717) is 5.69 Å². The molecule has 0 aromatic carbocycles. The van der Waals surface area contributed by atoms with Crippen molar-refractivity contribution in [3.63, 3.8) is 0 Å². The van der Waals surface area contributed by atoms with Crippen molar-refractivity contribution in [2.24, 2.45) is 17.8 Å². The summed E-state index contributed by atoms with van der Waals surface area (Å²) in [6.45, 7) is 1.69. The molecule has 0 spiro atoms. The van der Waals surface area contributed by atoms with Crippen LogP contribution in [0.1, 0.15) is 50.0 Å². The first-order valence-electron chi connectivity index (χ1n) is 7.26. The van der Waals surface area contributed by atoms with Crippen LogP contribution in [0.2, 0.25) is 5.15 Å². The molecule has 4 heteroatoms. The van der Waals surface area contributed by atoms with Crippen molar-refractivity contribution in [2.75, 3.05) is 0 Å². The van der Waals surface area contributed by atoms with Crippen molar-refractivity contribution in [2.45, 2.75) is 50.9 Å². The molecule has 0 aliphatic heterocycles. The summed E-state index contributed by atoms with van der Waals surface area (Å²) >= 11 is 5.93. The Hall–Kier alpha value is -0.700. The van der Waals surface area contributed by atoms with Crippen molar-refractivity contribution in [1.29, 1.82) is 0 Å². The smallest absolute Gasteiger partial charge is 0.181 e. The first kappa shape index (κ1) is 12.1. The summed E-state index contributed by atoms with van der Waals surface area (Å²) in [5.41, 5.74) is 0.488. The standard InChI is InChI=1S/C15H18ClFN2/c1-8-12(17)13(16)19-14(18-8)15-5-9-2-10(6-15)4-11(3-9)7-15/h9-11H,2-7H2,1H3. The van der Waals surface area contributed by atoms with Crippen molar-refractivity contribution < 1.29 is 4.39 Å². The van der Waals surface area contributed by atoms with Gasteiger partial charge in [0.05, 0.1) is 5.69 Å². The van der Waals surface area contributed by atoms with Gasteiger partial charge in [0.15, 0.2) is 11.0 Å². The summed E-state index contributed by atoms with van der Waals surface area (Å²) in [5.74, 6) is 2.85. The van der Waals surface area contributed by atoms with Crippen molar-refractivity contribution >= 4 is 11.6 Å². The molecule has 0 N–H and O–H groups in total. The molecule has 0 saturated heterocycles. The molecule has 4 bridgehead atoms. The Labute approximate surface area is 117 Å². The van der Waals surface area contributed by atoms with E-state index < -0.39 is 5.82 Å². The third-order valence-corrected chi connectivity index (χ3v) is 5.74. The fraction of sp³-hybridized carbons (Fsp3) is 0.733. The fourth-order valence-electron chi connectivity index (χ4n) is 5.15. The molecule has 102 valence electrons. The predicted molar refractivity (Wildman–Crippen MR) is 71.6 cm³/mol. The van der Waals surface area contributed by atoms with Gasteiger partial charge in [-0.25, -0.2) is 14.4 Å². The highest BCUT2D eigenvalue weighted by Gasteiger charge is 2.53. The average molecular weight is 281 g/mol. The lowest BCUT2D eigenvalue weighted by Gasteiger charge is -2.56. The van der Waals surface area contributed by atoms with Crippen LogP contribution in [0.5, 0.6) is 0 Å². The molecule has 1 heterocycles. The van der Waals surface area contributed by atoms with Crippen LogP contribution in [0.15, 0.2) is 0 Å². The van der Waals surface area contributed by atoms with Gasteiger partial charge in [-0.2, -0.15) is 0 Å². The van der Waals surface area contributed by atoms with Crippen molar-refractivity contribution in [3.05, 3.63) is 22.5 Å². The number of halogens is 2. The van der Waals surface area contributed by atoms with Gasteiger partial charge in [0.25, 0.3) is 0 Å². The summed E-state index contributed by atoms with van der Waals surface area (Å²) in [6.07, 6.45) is 7.69. The summed E-state index contributed by atoms with van der Waals surface area (Å²) in [4.78, 5) is 8.76. The first-order valence-corrected chi connectivity index (χ1v) is 7.64. The fourth-order valence-corrected chi connectivity index (χ4v) is 5.36. The van der Waals surface area contributed by atoms with E-state index in [1.165, 1.54) is 38.5 Å². The summed E-state index contributed by atoms with van der Waals surface area (Å²) in [7, 11) is 0. The van der Waals surface area contributed by atoms with Gasteiger partial charge in [-0.3, -0.25) is 0 Å². The summed E-state index contributed by atoms with van der Waals surface area (Å²) in [6, 6.07) is 0. The van der Waals surface area contributed by atoms with Gasteiger partial charge in [0.1, 0.15) is 5.82 Å². The lowest BCUT2D eigenvalue weighted by atomic mass is 9.49. The van der Waals surface area contributed by atoms with Crippen molar-refractivity contribution in [3.8, 4) is 0 Å². The third-order valence-electron chi connectivity index (χ3n) is 5.49. The second-order valence-corrected chi connectivity index (χ2v) is 7.29. The van der Waals surface area contributed by atoms with Gasteiger partial charge in [-0.1, -0.05) is 11.6 Å². The molecule has 4 saturated carbocycles. The van der Waals surface area contributed by atoms with Gasteiger partial charge in [-0.05, 0) is 63.2 Å². The molecule has 4 fully saturated rings. The molecular formula is C15H18ClFN2. The lowest BCUT2D eigenvalue weighted by Crippen LogP contribution is -2.49. The molecule has 4 aliphatic carbocycles. The molecule has 0 atom stereocenters. The van der Waals surface area contributed by atoms with Crippen LogP contribution in [0, 0.1) is 30.5 Å². The zero-order valence-electron chi connectivity index (χ0n) is 11.1. The average Bonchev–Trinajstić information content (AvgIpc) is 2.33. The Morgan fingerprint density at radius 1 is 1.05 bits per heavy atom. The Morgan fingerprint density at radius 3 is 2.05 bits per heavy atom. The van der Waals surface area contributed by atoms with E-state index in [2.05, 4.69) is 9.97 Å². The van der Waals surface area contributed by atoms with E-state index in [1.807, 2.05) is 0 Å². The Morgan fingerprint density at radius 2 is 1.58 bits per heavy atom. The number of aryl methyl sites for hydroxylation is 1.